The van der Waals surface area contributed by atoms with Gasteiger partial charge in [-0.1, -0.05) is 56.5 Å². The summed E-state index contributed by atoms with van der Waals surface area (Å²) in [6, 6.07) is 10.7. The van der Waals surface area contributed by atoms with Gasteiger partial charge >= 0.3 is 0 Å². The predicted octanol–water partition coefficient (Wildman–Crippen LogP) is 4.86. The Bertz CT molecular complexity index is 398. The van der Waals surface area contributed by atoms with Gasteiger partial charge in [0.25, 0.3) is 0 Å². The third-order valence-corrected chi connectivity index (χ3v) is 4.94. The Morgan fingerprint density at radius 2 is 1.91 bits per heavy atom. The van der Waals surface area contributed by atoms with Crippen molar-refractivity contribution in [2.45, 2.75) is 63.5 Å². The van der Waals surface area contributed by atoms with Crippen molar-refractivity contribution in [1.29, 1.82) is 0 Å². The van der Waals surface area contributed by atoms with Gasteiger partial charge in [-0.05, 0) is 31.4 Å². The predicted molar refractivity (Wildman–Crippen MR) is 94.5 cm³/mol. The zero-order chi connectivity index (χ0) is 15.6. The van der Waals surface area contributed by atoms with Crippen molar-refractivity contribution >= 4 is 11.6 Å². The zero-order valence-corrected chi connectivity index (χ0v) is 14.6. The van der Waals surface area contributed by atoms with Gasteiger partial charge in [0.2, 0.25) is 0 Å². The van der Waals surface area contributed by atoms with Crippen LogP contribution in [0.2, 0.25) is 0 Å². The molecule has 1 fully saturated rings. The third kappa shape index (κ3) is 6.28. The molecule has 1 aliphatic carbocycles. The van der Waals surface area contributed by atoms with E-state index in [4.69, 9.17) is 16.3 Å². The molecule has 2 nitrogen and oxygen atoms in total. The van der Waals surface area contributed by atoms with Gasteiger partial charge in [0.1, 0.15) is 0 Å². The minimum atomic E-state index is 0.215. The zero-order valence-electron chi connectivity index (χ0n) is 13.8. The molecule has 124 valence electrons. The molecular weight excluding hydrogens is 294 g/mol. The summed E-state index contributed by atoms with van der Waals surface area (Å²) in [7, 11) is 0. The quantitative estimate of drug-likeness (QED) is 0.602. The van der Waals surface area contributed by atoms with Gasteiger partial charge in [-0.3, -0.25) is 4.90 Å². The maximum absolute atomic E-state index is 6.37. The summed E-state index contributed by atoms with van der Waals surface area (Å²) < 4.78 is 6.07. The maximum Gasteiger partial charge on any atom is 0.0739 e. The van der Waals surface area contributed by atoms with Crippen LogP contribution >= 0.6 is 11.6 Å². The molecule has 22 heavy (non-hydrogen) atoms. The minimum absolute atomic E-state index is 0.215. The van der Waals surface area contributed by atoms with Crippen molar-refractivity contribution < 1.29 is 4.74 Å². The lowest BCUT2D eigenvalue weighted by Gasteiger charge is -2.29. The van der Waals surface area contributed by atoms with Crippen molar-refractivity contribution in [2.75, 3.05) is 19.7 Å². The van der Waals surface area contributed by atoms with Gasteiger partial charge in [0.05, 0.1) is 18.1 Å². The van der Waals surface area contributed by atoms with E-state index in [0.717, 1.165) is 39.1 Å². The highest BCUT2D eigenvalue weighted by Gasteiger charge is 2.23. The molecule has 2 atom stereocenters. The van der Waals surface area contributed by atoms with E-state index in [1.807, 2.05) is 0 Å². The van der Waals surface area contributed by atoms with E-state index < -0.39 is 0 Å². The van der Waals surface area contributed by atoms with Crippen molar-refractivity contribution in [3.63, 3.8) is 0 Å². The normalized spacial score (nSPS) is 22.1. The Kier molecular flexibility index (Phi) is 8.28. The first kappa shape index (κ1) is 17.8. The Balaban J connectivity index is 1.76. The maximum atomic E-state index is 6.37. The van der Waals surface area contributed by atoms with Crippen LogP contribution in [0.3, 0.4) is 0 Å². The van der Waals surface area contributed by atoms with E-state index in [2.05, 4.69) is 42.2 Å². The van der Waals surface area contributed by atoms with Crippen LogP contribution in [0.4, 0.5) is 0 Å². The molecule has 2 rings (SSSR count). The molecule has 0 N–H and O–H groups in total. The molecule has 1 aromatic rings. The van der Waals surface area contributed by atoms with Crippen molar-refractivity contribution in [1.82, 2.24) is 4.90 Å². The standard InChI is InChI=1S/C19H30ClNO/c1-2-3-13-21(16-17-9-5-4-6-10-17)14-15-22-19-12-8-7-11-18(19)20/h4-6,9-10,18-19H,2-3,7-8,11-16H2,1H3. The van der Waals surface area contributed by atoms with Crippen LogP contribution in [0.25, 0.3) is 0 Å². The molecule has 3 heteroatoms. The van der Waals surface area contributed by atoms with Gasteiger partial charge in [0.15, 0.2) is 0 Å². The molecule has 0 aromatic heterocycles. The molecule has 0 spiro atoms. The topological polar surface area (TPSA) is 12.5 Å². The lowest BCUT2D eigenvalue weighted by molar-refractivity contribution is 0.0176. The van der Waals surface area contributed by atoms with Gasteiger partial charge in [-0.2, -0.15) is 0 Å². The van der Waals surface area contributed by atoms with Gasteiger partial charge in [-0.25, -0.2) is 0 Å². The van der Waals surface area contributed by atoms with E-state index in [-0.39, 0.29) is 11.5 Å². The minimum Gasteiger partial charge on any atom is -0.375 e. The first-order valence-corrected chi connectivity index (χ1v) is 9.25. The van der Waals surface area contributed by atoms with Crippen LogP contribution in [-0.2, 0) is 11.3 Å². The summed E-state index contributed by atoms with van der Waals surface area (Å²) in [5.41, 5.74) is 1.38. The number of unbranched alkanes of at least 4 members (excludes halogenated alkanes) is 1. The van der Waals surface area contributed by atoms with E-state index in [1.165, 1.54) is 31.2 Å². The Morgan fingerprint density at radius 1 is 1.14 bits per heavy atom. The van der Waals surface area contributed by atoms with E-state index in [0.29, 0.717) is 0 Å². The van der Waals surface area contributed by atoms with Crippen molar-refractivity contribution in [3.05, 3.63) is 35.9 Å². The SMILES string of the molecule is CCCCN(CCOC1CCCCC1Cl)Cc1ccccc1. The van der Waals surface area contributed by atoms with Crippen molar-refractivity contribution in [2.24, 2.45) is 0 Å². The molecule has 0 radical (unpaired) electrons. The molecule has 1 aliphatic rings. The average molecular weight is 324 g/mol. The van der Waals surface area contributed by atoms with Crippen LogP contribution in [0.1, 0.15) is 51.0 Å². The summed E-state index contributed by atoms with van der Waals surface area (Å²) in [6.07, 6.45) is 7.49. The van der Waals surface area contributed by atoms with Crippen LogP contribution in [0, 0.1) is 0 Å². The number of alkyl halides is 1. The second-order valence-corrected chi connectivity index (χ2v) is 6.89. The lowest BCUT2D eigenvalue weighted by Crippen LogP contribution is -2.33. The Labute approximate surface area is 140 Å². The summed E-state index contributed by atoms with van der Waals surface area (Å²) in [6.45, 7) is 6.19. The second kappa shape index (κ2) is 10.3. The van der Waals surface area contributed by atoms with Crippen LogP contribution in [0.15, 0.2) is 30.3 Å². The van der Waals surface area contributed by atoms with Gasteiger partial charge < -0.3 is 4.74 Å². The number of hydrogen-bond donors (Lipinski definition) is 0. The number of ether oxygens (including phenoxy) is 1. The third-order valence-electron chi connectivity index (χ3n) is 4.44. The first-order chi connectivity index (χ1) is 10.8. The highest BCUT2D eigenvalue weighted by Crippen LogP contribution is 2.25. The largest absolute Gasteiger partial charge is 0.375 e. The lowest BCUT2D eigenvalue weighted by atomic mass is 9.97. The van der Waals surface area contributed by atoms with E-state index in [1.54, 1.807) is 0 Å². The van der Waals surface area contributed by atoms with Crippen LogP contribution in [0.5, 0.6) is 0 Å². The highest BCUT2D eigenvalue weighted by atomic mass is 35.5. The van der Waals surface area contributed by atoms with E-state index in [9.17, 15) is 0 Å². The average Bonchev–Trinajstić information content (AvgIpc) is 2.55. The fourth-order valence-electron chi connectivity index (χ4n) is 3.07. The molecule has 2 unspecified atom stereocenters. The number of benzene rings is 1. The first-order valence-electron chi connectivity index (χ1n) is 8.81. The van der Waals surface area contributed by atoms with Crippen LogP contribution in [-0.4, -0.2) is 36.1 Å². The van der Waals surface area contributed by atoms with E-state index >= 15 is 0 Å². The Morgan fingerprint density at radius 3 is 2.64 bits per heavy atom. The number of halogens is 1. The van der Waals surface area contributed by atoms with Crippen LogP contribution < -0.4 is 0 Å². The van der Waals surface area contributed by atoms with Gasteiger partial charge in [0, 0.05) is 13.1 Å². The molecular formula is C19H30ClNO. The Hall–Kier alpha value is -0.570. The second-order valence-electron chi connectivity index (χ2n) is 6.32. The monoisotopic (exact) mass is 323 g/mol. The molecule has 0 amide bonds. The molecule has 1 aromatic carbocycles. The van der Waals surface area contributed by atoms with Crippen molar-refractivity contribution in [3.8, 4) is 0 Å². The molecule has 1 saturated carbocycles. The summed E-state index contributed by atoms with van der Waals surface area (Å²) in [5, 5.41) is 0.215. The molecule has 0 heterocycles. The summed E-state index contributed by atoms with van der Waals surface area (Å²) in [5.74, 6) is 0. The smallest absolute Gasteiger partial charge is 0.0739 e. The molecule has 0 saturated heterocycles. The fourth-order valence-corrected chi connectivity index (χ4v) is 3.42. The summed E-state index contributed by atoms with van der Waals surface area (Å²) in [4.78, 5) is 2.50. The number of rotatable bonds is 9. The highest BCUT2D eigenvalue weighted by molar-refractivity contribution is 6.21. The fraction of sp³-hybridized carbons (Fsp3) is 0.684. The molecule has 0 bridgehead atoms. The number of hydrogen-bond acceptors (Lipinski definition) is 2. The van der Waals surface area contributed by atoms with Gasteiger partial charge in [-0.15, -0.1) is 11.6 Å². The molecule has 0 aliphatic heterocycles. The summed E-state index contributed by atoms with van der Waals surface area (Å²) >= 11 is 6.37. The number of nitrogens with zero attached hydrogens (tertiary/aromatic N) is 1.